The van der Waals surface area contributed by atoms with E-state index in [1.807, 2.05) is 0 Å². The molecule has 0 radical (unpaired) electrons. The Kier molecular flexibility index (Phi) is 17.9. The molecule has 0 saturated heterocycles. The van der Waals surface area contributed by atoms with Crippen LogP contribution in [0.2, 0.25) is 0 Å². The van der Waals surface area contributed by atoms with Crippen molar-refractivity contribution in [2.24, 2.45) is 0 Å². The minimum absolute atomic E-state index is 0.104. The third-order valence-corrected chi connectivity index (χ3v) is 30.1. The van der Waals surface area contributed by atoms with E-state index in [0.717, 1.165) is 22.7 Å². The van der Waals surface area contributed by atoms with Crippen molar-refractivity contribution < 1.29 is 0 Å². The molecule has 0 spiro atoms. The Morgan fingerprint density at radius 2 is 0.399 bits per heavy atom. The monoisotopic (exact) mass is 1770 g/mol. The number of aromatic nitrogens is 8. The highest BCUT2D eigenvalue weighted by Crippen LogP contribution is 2.55. The Morgan fingerprint density at radius 1 is 0.174 bits per heavy atom. The van der Waals surface area contributed by atoms with Gasteiger partial charge in [0.2, 0.25) is 0 Å². The molecule has 0 aliphatic carbocycles. The molecule has 9 nitrogen and oxygen atoms in total. The van der Waals surface area contributed by atoms with Crippen molar-refractivity contribution in [3.63, 3.8) is 0 Å². The molecule has 656 valence electrons. The minimum Gasteiger partial charge on any atom is -0.317 e. The summed E-state index contributed by atoms with van der Waals surface area (Å²) in [5, 5.41) is 12.9. The van der Waals surface area contributed by atoms with Gasteiger partial charge in [-0.3, -0.25) is 0 Å². The van der Waals surface area contributed by atoms with Crippen molar-refractivity contribution in [1.82, 2.24) is 36.5 Å². The third kappa shape index (κ3) is 12.1. The van der Waals surface area contributed by atoms with Crippen LogP contribution in [0.4, 0.5) is 17.1 Å². The zero-order chi connectivity index (χ0) is 92.0. The first-order chi connectivity index (χ1) is 67.8. The van der Waals surface area contributed by atoms with Crippen LogP contribution in [0, 0.1) is 0 Å². The van der Waals surface area contributed by atoms with Crippen molar-refractivity contribution in [3.8, 4) is 78.9 Å². The van der Waals surface area contributed by atoms with E-state index in [1.54, 1.807) is 0 Å². The summed E-state index contributed by atoms with van der Waals surface area (Å²) < 4.78 is 19.5. The third-order valence-electron chi connectivity index (χ3n) is 30.1. The Labute approximate surface area is 799 Å². The first-order valence-corrected chi connectivity index (χ1v) is 48.0. The molecule has 3 aliphatic rings. The number of hydrogen-bond donors (Lipinski definition) is 0. The van der Waals surface area contributed by atoms with Crippen molar-refractivity contribution in [3.05, 3.63) is 501 Å². The van der Waals surface area contributed by atoms with Gasteiger partial charge in [-0.2, -0.15) is 0 Å². The number of para-hydroxylation sites is 10. The molecular formula is C129H95N9. The standard InChI is InChI=1S/C55H41N3.2C37H27N3/c1-55(2)50-18-10-12-20-52(50)56-37-49-48-17-9-11-19-51(48)58(53(49)54(55)56)47-35-27-43(28-36-47)42-25-33-46(34-26-42)57(44-29-21-40(22-30-44)38-13-5-3-6-14-38)45-31-23-41(24-32-45)39-15-7-4-8-16-39;1-37(2)30-14-6-10-18-34(30)38-23-29-28-13-5-9-17-33(28)40(35(29)36(37)38)25-21-19-24(20-22-25)39-31-15-7-3-11-26(31)27-12-4-8-16-32(27)39;1-37(2)30-16-8-11-19-34(30)38-23-29-27-15-7-10-18-32(27)40(35(29)36(37)38)25-20-21-33-28(22-25)26-14-6-9-17-31(26)39(33)24-12-4-3-5-13-24/h3-37H,1-2H3;2*3-23H,1-2H3. The van der Waals surface area contributed by atoms with Gasteiger partial charge in [-0.15, -0.1) is 0 Å². The number of hydrogen-bond acceptors (Lipinski definition) is 1. The molecule has 29 rings (SSSR count). The summed E-state index contributed by atoms with van der Waals surface area (Å²) in [5.41, 5.74) is 40.6. The van der Waals surface area contributed by atoms with Gasteiger partial charge in [0, 0.05) is 151 Å². The zero-order valence-corrected chi connectivity index (χ0v) is 77.5. The summed E-state index contributed by atoms with van der Waals surface area (Å²) in [4.78, 5) is 2.34. The van der Waals surface area contributed by atoms with Gasteiger partial charge in [-0.1, -0.05) is 333 Å². The van der Waals surface area contributed by atoms with Crippen LogP contribution in [0.5, 0.6) is 0 Å². The number of benzene rings is 18. The molecule has 3 aliphatic heterocycles. The van der Waals surface area contributed by atoms with Crippen LogP contribution in [0.15, 0.2) is 468 Å². The predicted molar refractivity (Wildman–Crippen MR) is 576 cm³/mol. The molecule has 0 unspecified atom stereocenters. The molecular weight excluding hydrogens is 1680 g/mol. The maximum absolute atomic E-state index is 2.50. The molecule has 0 fully saturated rings. The van der Waals surface area contributed by atoms with Gasteiger partial charge < -0.3 is 41.4 Å². The molecule has 0 amide bonds. The second-order valence-electron chi connectivity index (χ2n) is 38.8. The lowest BCUT2D eigenvalue weighted by atomic mass is 9.83. The molecule has 18 aromatic carbocycles. The summed E-state index contributed by atoms with van der Waals surface area (Å²) >= 11 is 0. The second kappa shape index (κ2) is 30.8. The van der Waals surface area contributed by atoms with E-state index >= 15 is 0 Å². The van der Waals surface area contributed by atoms with Crippen LogP contribution in [-0.4, -0.2) is 36.5 Å². The van der Waals surface area contributed by atoms with Crippen LogP contribution in [0.25, 0.3) is 188 Å². The van der Waals surface area contributed by atoms with Gasteiger partial charge in [0.15, 0.2) is 0 Å². The zero-order valence-electron chi connectivity index (χ0n) is 77.5. The molecule has 9 heteroatoms. The summed E-state index contributed by atoms with van der Waals surface area (Å²) in [7, 11) is 0. The Balaban J connectivity index is 0.000000107. The van der Waals surface area contributed by atoms with Crippen LogP contribution in [0.3, 0.4) is 0 Å². The van der Waals surface area contributed by atoms with E-state index in [1.165, 1.54) is 216 Å². The highest BCUT2D eigenvalue weighted by Gasteiger charge is 2.43. The van der Waals surface area contributed by atoms with E-state index in [9.17, 15) is 0 Å². The Morgan fingerprint density at radius 3 is 0.739 bits per heavy atom. The van der Waals surface area contributed by atoms with Gasteiger partial charge in [0.1, 0.15) is 0 Å². The van der Waals surface area contributed by atoms with Gasteiger partial charge in [-0.25, -0.2) is 0 Å². The SMILES string of the molecule is CC1(C)c2ccccc2-n2cc3c4ccccc4n(-c4ccc(-c5ccc(N(c6ccc(-c7ccccc7)cc6)c6ccc(-c7ccccc7)cc6)cc5)cc4)c3c21.CC1(C)c2ccccc2-n2cc3c4ccccc4n(-c4ccc(-n5c6ccccc6c6ccccc65)cc4)c3c21.CC1(C)c2ccccc2-n2cc3c4ccccc4n(-c4ccc5c(c4)c4ccccc4n5-c4ccccc4)c3c21. The minimum atomic E-state index is -0.131. The van der Waals surface area contributed by atoms with Crippen molar-refractivity contribution in [2.45, 2.75) is 57.8 Å². The maximum atomic E-state index is 2.50. The highest BCUT2D eigenvalue weighted by molar-refractivity contribution is 6.16. The van der Waals surface area contributed by atoms with Crippen molar-refractivity contribution in [1.29, 1.82) is 0 Å². The predicted octanol–water partition coefficient (Wildman–Crippen LogP) is 33.3. The lowest BCUT2D eigenvalue weighted by molar-refractivity contribution is 0.646. The second-order valence-corrected chi connectivity index (χ2v) is 38.8. The summed E-state index contributed by atoms with van der Waals surface area (Å²) in [6.45, 7) is 14.2. The highest BCUT2D eigenvalue weighted by atomic mass is 15.1. The van der Waals surface area contributed by atoms with E-state index in [4.69, 9.17) is 0 Å². The van der Waals surface area contributed by atoms with Crippen LogP contribution < -0.4 is 4.90 Å². The fourth-order valence-electron chi connectivity index (χ4n) is 23.8. The van der Waals surface area contributed by atoms with Crippen LogP contribution >= 0.6 is 0 Å². The van der Waals surface area contributed by atoms with Crippen molar-refractivity contribution >= 4 is 126 Å². The number of rotatable bonds is 11. The van der Waals surface area contributed by atoms with Gasteiger partial charge in [-0.05, 0) is 208 Å². The van der Waals surface area contributed by atoms with E-state index in [0.29, 0.717) is 0 Å². The fraction of sp³-hybridized carbons (Fsp3) is 0.0698. The smallest absolute Gasteiger partial charge is 0.0763 e. The first-order valence-electron chi connectivity index (χ1n) is 48.0. The molecule has 138 heavy (non-hydrogen) atoms. The topological polar surface area (TPSA) is 42.7 Å². The molecule has 0 bridgehead atoms. The summed E-state index contributed by atoms with van der Waals surface area (Å²) in [6, 6.07) is 163. The number of anilines is 3. The van der Waals surface area contributed by atoms with Crippen molar-refractivity contribution in [2.75, 3.05) is 4.90 Å². The average molecular weight is 1770 g/mol. The molecule has 11 heterocycles. The lowest BCUT2D eigenvalue weighted by Gasteiger charge is -2.26. The Hall–Kier alpha value is -17.4. The summed E-state index contributed by atoms with van der Waals surface area (Å²) in [5.74, 6) is 0. The molecule has 0 atom stereocenters. The van der Waals surface area contributed by atoms with E-state index < -0.39 is 0 Å². The fourth-order valence-corrected chi connectivity index (χ4v) is 23.8. The lowest BCUT2D eigenvalue weighted by Crippen LogP contribution is -2.16. The van der Waals surface area contributed by atoms with Crippen LogP contribution in [-0.2, 0) is 16.2 Å². The molecule has 26 aromatic rings. The van der Waals surface area contributed by atoms with E-state index in [2.05, 4.69) is 550 Å². The Bertz CT molecular complexity index is 9230. The van der Waals surface area contributed by atoms with Crippen LogP contribution in [0.1, 0.15) is 75.3 Å². The van der Waals surface area contributed by atoms with Gasteiger partial charge >= 0.3 is 0 Å². The molecule has 8 aromatic heterocycles. The molecule has 0 N–H and O–H groups in total. The number of nitrogens with zero attached hydrogens (tertiary/aromatic N) is 9. The normalized spacial score (nSPS) is 13.5. The quantitative estimate of drug-likeness (QED) is 0.127. The van der Waals surface area contributed by atoms with Gasteiger partial charge in [0.05, 0.1) is 72.2 Å². The largest absolute Gasteiger partial charge is 0.317 e. The average Bonchev–Trinajstić information content (AvgIpc) is 1.53. The summed E-state index contributed by atoms with van der Waals surface area (Å²) in [6.07, 6.45) is 7.06. The number of fused-ring (bicyclic) bond motifs is 27. The first kappa shape index (κ1) is 80.3. The van der Waals surface area contributed by atoms with E-state index in [-0.39, 0.29) is 16.2 Å². The van der Waals surface area contributed by atoms with Gasteiger partial charge in [0.25, 0.3) is 0 Å². The maximum Gasteiger partial charge on any atom is 0.0763 e. The molecule has 0 saturated carbocycles.